The van der Waals surface area contributed by atoms with Gasteiger partial charge in [0.15, 0.2) is 11.3 Å². The highest BCUT2D eigenvalue weighted by molar-refractivity contribution is 6.35. The van der Waals surface area contributed by atoms with Gasteiger partial charge in [0.1, 0.15) is 0 Å². The number of halogens is 1. The van der Waals surface area contributed by atoms with E-state index in [9.17, 15) is 9.59 Å². The molecular weight excluding hydrogens is 432 g/mol. The van der Waals surface area contributed by atoms with Gasteiger partial charge in [0.05, 0.1) is 26.2 Å². The maximum atomic E-state index is 12.6. The molecule has 2 aromatic carbocycles. The van der Waals surface area contributed by atoms with E-state index < -0.39 is 5.63 Å². The number of rotatable bonds is 7. The molecular formula is C24H23ClN2O5. The Morgan fingerprint density at radius 2 is 1.94 bits per heavy atom. The first-order valence-electron chi connectivity index (χ1n) is 10.1. The van der Waals surface area contributed by atoms with Crippen molar-refractivity contribution in [3.05, 3.63) is 69.2 Å². The number of ether oxygens (including phenoxy) is 2. The largest absolute Gasteiger partial charge is 0.493 e. The number of methoxy groups -OCH3 is 2. The zero-order chi connectivity index (χ0) is 22.8. The highest BCUT2D eigenvalue weighted by Crippen LogP contribution is 2.36. The second-order valence-electron chi connectivity index (χ2n) is 7.38. The van der Waals surface area contributed by atoms with Crippen LogP contribution in [0, 0.1) is 6.92 Å². The van der Waals surface area contributed by atoms with Gasteiger partial charge in [-0.2, -0.15) is 0 Å². The molecule has 0 saturated carbocycles. The SMILES string of the molecule is COc1ccc2c(C)c(CC(=O)NCCn3ccc4c(Cl)cccc43)c(=O)oc2c1OC. The molecule has 2 heterocycles. The van der Waals surface area contributed by atoms with Crippen LogP contribution in [0.15, 0.2) is 51.8 Å². The smallest absolute Gasteiger partial charge is 0.340 e. The Morgan fingerprint density at radius 3 is 2.69 bits per heavy atom. The lowest BCUT2D eigenvalue weighted by Gasteiger charge is -2.13. The normalized spacial score (nSPS) is 11.1. The molecule has 0 aliphatic rings. The van der Waals surface area contributed by atoms with Crippen molar-refractivity contribution in [3.63, 3.8) is 0 Å². The number of aromatic nitrogens is 1. The highest BCUT2D eigenvalue weighted by atomic mass is 35.5. The summed E-state index contributed by atoms with van der Waals surface area (Å²) in [6.07, 6.45) is 1.86. The minimum atomic E-state index is -0.567. The van der Waals surface area contributed by atoms with Crippen molar-refractivity contribution in [1.29, 1.82) is 0 Å². The van der Waals surface area contributed by atoms with Crippen molar-refractivity contribution in [3.8, 4) is 11.5 Å². The molecule has 7 nitrogen and oxygen atoms in total. The van der Waals surface area contributed by atoms with Gasteiger partial charge in [-0.25, -0.2) is 4.79 Å². The van der Waals surface area contributed by atoms with E-state index in [0.29, 0.717) is 51.7 Å². The van der Waals surface area contributed by atoms with Gasteiger partial charge >= 0.3 is 5.63 Å². The minimum absolute atomic E-state index is 0.0727. The number of hydrogen-bond donors (Lipinski definition) is 1. The van der Waals surface area contributed by atoms with Crippen LogP contribution in [0.5, 0.6) is 11.5 Å². The summed E-state index contributed by atoms with van der Waals surface area (Å²) >= 11 is 6.22. The molecule has 1 amide bonds. The van der Waals surface area contributed by atoms with Crippen LogP contribution in [0.4, 0.5) is 0 Å². The van der Waals surface area contributed by atoms with Crippen LogP contribution in [0.1, 0.15) is 11.1 Å². The van der Waals surface area contributed by atoms with Gasteiger partial charge in [0.25, 0.3) is 0 Å². The number of nitrogens with zero attached hydrogens (tertiary/aromatic N) is 1. The Hall–Kier alpha value is -3.45. The fraction of sp³-hybridized carbons (Fsp3) is 0.250. The van der Waals surface area contributed by atoms with E-state index >= 15 is 0 Å². The molecule has 0 aliphatic carbocycles. The summed E-state index contributed by atoms with van der Waals surface area (Å²) < 4.78 is 18.2. The lowest BCUT2D eigenvalue weighted by molar-refractivity contribution is -0.120. The molecule has 166 valence electrons. The summed E-state index contributed by atoms with van der Waals surface area (Å²) in [5.41, 5.74) is 1.74. The minimum Gasteiger partial charge on any atom is -0.493 e. The second kappa shape index (κ2) is 8.96. The third-order valence-electron chi connectivity index (χ3n) is 5.57. The predicted molar refractivity (Wildman–Crippen MR) is 124 cm³/mol. The van der Waals surface area contributed by atoms with Crippen LogP contribution < -0.4 is 20.4 Å². The van der Waals surface area contributed by atoms with E-state index in [0.717, 1.165) is 10.9 Å². The summed E-state index contributed by atoms with van der Waals surface area (Å²) in [5.74, 6) is 0.557. The summed E-state index contributed by atoms with van der Waals surface area (Å²) in [5, 5.41) is 5.23. The van der Waals surface area contributed by atoms with Gasteiger partial charge in [-0.1, -0.05) is 17.7 Å². The number of hydrogen-bond acceptors (Lipinski definition) is 5. The molecule has 4 aromatic rings. The Balaban J connectivity index is 1.50. The Bertz CT molecular complexity index is 1370. The van der Waals surface area contributed by atoms with Crippen LogP contribution in [0.3, 0.4) is 0 Å². The molecule has 0 bridgehead atoms. The summed E-state index contributed by atoms with van der Waals surface area (Å²) in [4.78, 5) is 25.2. The predicted octanol–water partition coefficient (Wildman–Crippen LogP) is 4.09. The lowest BCUT2D eigenvalue weighted by atomic mass is 10.0. The molecule has 0 unspecified atom stereocenters. The first-order chi connectivity index (χ1) is 15.4. The van der Waals surface area contributed by atoms with Crippen molar-refractivity contribution >= 4 is 39.4 Å². The number of carbonyl (C=O) groups excluding carboxylic acids is 1. The molecule has 0 saturated heterocycles. The molecule has 0 aliphatic heterocycles. The van der Waals surface area contributed by atoms with E-state index in [2.05, 4.69) is 5.32 Å². The van der Waals surface area contributed by atoms with Crippen molar-refractivity contribution in [2.45, 2.75) is 19.9 Å². The third kappa shape index (κ3) is 3.91. The maximum absolute atomic E-state index is 12.6. The molecule has 2 aromatic heterocycles. The number of nitrogens with one attached hydrogen (secondary N) is 1. The molecule has 8 heteroatoms. The molecule has 32 heavy (non-hydrogen) atoms. The second-order valence-corrected chi connectivity index (χ2v) is 7.79. The van der Waals surface area contributed by atoms with Crippen molar-refractivity contribution in [2.24, 2.45) is 0 Å². The lowest BCUT2D eigenvalue weighted by Crippen LogP contribution is -2.30. The van der Waals surface area contributed by atoms with Crippen LogP contribution in [-0.2, 0) is 17.8 Å². The average Bonchev–Trinajstić information content (AvgIpc) is 3.20. The van der Waals surface area contributed by atoms with Gasteiger partial charge in [-0.3, -0.25) is 4.79 Å². The maximum Gasteiger partial charge on any atom is 0.340 e. The number of aryl methyl sites for hydroxylation is 1. The van der Waals surface area contributed by atoms with E-state index in [4.69, 9.17) is 25.5 Å². The van der Waals surface area contributed by atoms with Crippen LogP contribution in [0.25, 0.3) is 21.9 Å². The third-order valence-corrected chi connectivity index (χ3v) is 5.90. The van der Waals surface area contributed by atoms with Crippen molar-refractivity contribution in [1.82, 2.24) is 9.88 Å². The average molecular weight is 455 g/mol. The summed E-state index contributed by atoms with van der Waals surface area (Å²) in [6, 6.07) is 11.2. The fourth-order valence-corrected chi connectivity index (χ4v) is 4.12. The molecule has 0 spiro atoms. The monoisotopic (exact) mass is 454 g/mol. The van der Waals surface area contributed by atoms with E-state index in [1.807, 2.05) is 35.0 Å². The topological polar surface area (TPSA) is 82.7 Å². The molecule has 0 atom stereocenters. The zero-order valence-electron chi connectivity index (χ0n) is 18.0. The van der Waals surface area contributed by atoms with E-state index in [-0.39, 0.29) is 12.3 Å². The van der Waals surface area contributed by atoms with Crippen LogP contribution in [-0.4, -0.2) is 31.2 Å². The Morgan fingerprint density at radius 1 is 1.12 bits per heavy atom. The van der Waals surface area contributed by atoms with Crippen LogP contribution in [0.2, 0.25) is 5.02 Å². The van der Waals surface area contributed by atoms with Crippen LogP contribution >= 0.6 is 11.6 Å². The van der Waals surface area contributed by atoms with Gasteiger partial charge in [-0.05, 0) is 42.8 Å². The molecule has 0 radical (unpaired) electrons. The molecule has 4 rings (SSSR count). The fourth-order valence-electron chi connectivity index (χ4n) is 3.89. The summed E-state index contributed by atoms with van der Waals surface area (Å²) in [6.45, 7) is 2.79. The van der Waals surface area contributed by atoms with Gasteiger partial charge in [0.2, 0.25) is 11.7 Å². The standard InChI is InChI=1S/C24H23ClN2O5/c1-14-15-7-8-20(30-2)23(31-3)22(15)32-24(29)17(14)13-21(28)26-10-12-27-11-9-16-18(25)5-4-6-19(16)27/h4-9,11H,10,12-13H2,1-3H3,(H,26,28). The summed E-state index contributed by atoms with van der Waals surface area (Å²) in [7, 11) is 2.99. The van der Waals surface area contributed by atoms with E-state index in [1.54, 1.807) is 19.1 Å². The number of amides is 1. The van der Waals surface area contributed by atoms with Gasteiger partial charge in [-0.15, -0.1) is 0 Å². The molecule has 1 N–H and O–H groups in total. The van der Waals surface area contributed by atoms with Crippen molar-refractivity contribution < 1.29 is 18.7 Å². The Labute approximate surface area is 189 Å². The first-order valence-corrected chi connectivity index (χ1v) is 10.5. The Kier molecular flexibility index (Phi) is 6.10. The highest BCUT2D eigenvalue weighted by Gasteiger charge is 2.19. The quantitative estimate of drug-likeness (QED) is 0.425. The zero-order valence-corrected chi connectivity index (χ0v) is 18.8. The number of carbonyl (C=O) groups is 1. The van der Waals surface area contributed by atoms with Crippen molar-refractivity contribution in [2.75, 3.05) is 20.8 Å². The van der Waals surface area contributed by atoms with Gasteiger partial charge < -0.3 is 23.8 Å². The first kappa shape index (κ1) is 21.8. The van der Waals surface area contributed by atoms with Gasteiger partial charge in [0, 0.05) is 40.6 Å². The molecule has 0 fully saturated rings. The van der Waals surface area contributed by atoms with E-state index in [1.165, 1.54) is 14.2 Å². The number of benzene rings is 2. The number of fused-ring (bicyclic) bond motifs is 2.